The lowest BCUT2D eigenvalue weighted by Gasteiger charge is -2.24. The Bertz CT molecular complexity index is 1140. The zero-order chi connectivity index (χ0) is 44.5. The van der Waals surface area contributed by atoms with E-state index in [9.17, 15) is 19.8 Å². The summed E-state index contributed by atoms with van der Waals surface area (Å²) in [5.41, 5.74) is 0. The first kappa shape index (κ1) is 58.3. The Balaban J connectivity index is 4.60. The van der Waals surface area contributed by atoms with Gasteiger partial charge in [0.25, 0.3) is 0 Å². The number of amides is 1. The van der Waals surface area contributed by atoms with Crippen molar-refractivity contribution in [1.82, 2.24) is 5.32 Å². The largest absolute Gasteiger partial charge is 0.462 e. The number of hydrogen-bond acceptors (Lipinski definition) is 5. The fourth-order valence-corrected chi connectivity index (χ4v) is 7.46. The van der Waals surface area contributed by atoms with Gasteiger partial charge in [0.2, 0.25) is 5.91 Å². The van der Waals surface area contributed by atoms with Crippen molar-refractivity contribution in [3.05, 3.63) is 72.9 Å². The molecule has 1 amide bonds. The number of carbonyl (C=O) groups excluding carboxylic acids is 2. The number of allylic oxidation sites excluding steroid dienone is 12. The van der Waals surface area contributed by atoms with Crippen LogP contribution in [-0.4, -0.2) is 46.9 Å². The summed E-state index contributed by atoms with van der Waals surface area (Å²) in [6.07, 6.45) is 61.1. The summed E-state index contributed by atoms with van der Waals surface area (Å²) in [4.78, 5) is 26.1. The van der Waals surface area contributed by atoms with Crippen molar-refractivity contribution in [2.75, 3.05) is 6.61 Å². The van der Waals surface area contributed by atoms with Crippen molar-refractivity contribution in [3.8, 4) is 0 Å². The molecule has 0 radical (unpaired) electrons. The molecule has 3 unspecified atom stereocenters. The molecule has 0 fully saturated rings. The average Bonchev–Trinajstić information content (AvgIpc) is 3.25. The molecule has 0 aliphatic carbocycles. The number of aliphatic hydroxyl groups excluding tert-OH is 2. The molecule has 6 heteroatoms. The number of esters is 1. The van der Waals surface area contributed by atoms with Crippen LogP contribution in [0.5, 0.6) is 0 Å². The normalized spacial score (nSPS) is 13.9. The maximum absolute atomic E-state index is 13.2. The highest BCUT2D eigenvalue weighted by Gasteiger charge is 2.24. The van der Waals surface area contributed by atoms with Crippen LogP contribution < -0.4 is 5.32 Å². The molecule has 0 aromatic rings. The highest BCUT2D eigenvalue weighted by molar-refractivity contribution is 5.77. The van der Waals surface area contributed by atoms with E-state index in [1.54, 1.807) is 0 Å². The Labute approximate surface area is 377 Å². The van der Waals surface area contributed by atoms with Gasteiger partial charge in [-0.15, -0.1) is 0 Å². The first-order chi connectivity index (χ1) is 30.0. The molecule has 0 heterocycles. The zero-order valence-electron chi connectivity index (χ0n) is 40.0. The second-order valence-corrected chi connectivity index (χ2v) is 17.2. The topological polar surface area (TPSA) is 95.9 Å². The summed E-state index contributed by atoms with van der Waals surface area (Å²) in [7, 11) is 0. The first-order valence-corrected chi connectivity index (χ1v) is 25.7. The monoisotopic (exact) mass is 852 g/mol. The van der Waals surface area contributed by atoms with E-state index in [1.165, 1.54) is 83.5 Å². The van der Waals surface area contributed by atoms with Crippen molar-refractivity contribution in [1.29, 1.82) is 0 Å². The number of rotatable bonds is 45. The minimum absolute atomic E-state index is 0.0398. The molecule has 0 spiro atoms. The number of ether oxygens (including phenoxy) is 1. The van der Waals surface area contributed by atoms with E-state index in [1.807, 2.05) is 0 Å². The maximum atomic E-state index is 13.2. The molecule has 0 rings (SSSR count). The third-order valence-electron chi connectivity index (χ3n) is 11.3. The van der Waals surface area contributed by atoms with E-state index >= 15 is 0 Å². The maximum Gasteiger partial charge on any atom is 0.306 e. The van der Waals surface area contributed by atoms with E-state index in [0.29, 0.717) is 19.3 Å². The third-order valence-corrected chi connectivity index (χ3v) is 11.3. The fraction of sp³-hybridized carbons (Fsp3) is 0.745. The van der Waals surface area contributed by atoms with Gasteiger partial charge in [-0.1, -0.05) is 209 Å². The first-order valence-electron chi connectivity index (χ1n) is 25.7. The van der Waals surface area contributed by atoms with Gasteiger partial charge >= 0.3 is 5.97 Å². The van der Waals surface area contributed by atoms with Gasteiger partial charge in [0, 0.05) is 6.42 Å². The van der Waals surface area contributed by atoms with Gasteiger partial charge in [0.15, 0.2) is 0 Å². The van der Waals surface area contributed by atoms with E-state index in [4.69, 9.17) is 4.74 Å². The van der Waals surface area contributed by atoms with E-state index in [0.717, 1.165) is 109 Å². The van der Waals surface area contributed by atoms with Crippen LogP contribution in [0, 0.1) is 0 Å². The van der Waals surface area contributed by atoms with Gasteiger partial charge in [-0.2, -0.15) is 0 Å². The summed E-state index contributed by atoms with van der Waals surface area (Å²) >= 11 is 0. The van der Waals surface area contributed by atoms with Crippen LogP contribution >= 0.6 is 0 Å². The molecule has 61 heavy (non-hydrogen) atoms. The summed E-state index contributed by atoms with van der Waals surface area (Å²) in [5.74, 6) is -0.541. The van der Waals surface area contributed by atoms with Crippen molar-refractivity contribution >= 4 is 11.9 Å². The molecule has 0 aliphatic rings. The van der Waals surface area contributed by atoms with E-state index in [2.05, 4.69) is 99.0 Å². The van der Waals surface area contributed by atoms with Gasteiger partial charge in [-0.3, -0.25) is 9.59 Å². The lowest BCUT2D eigenvalue weighted by atomic mass is 10.0. The van der Waals surface area contributed by atoms with Gasteiger partial charge in [0.1, 0.15) is 6.10 Å². The predicted octanol–water partition coefficient (Wildman–Crippen LogP) is 15.4. The molecule has 352 valence electrons. The standard InChI is InChI=1S/C55H97NO5/c1-4-7-10-13-16-19-22-25-27-28-29-32-35-38-41-44-47-53(58)52(50-57)56-54(59)49-51(46-43-40-37-34-31-24-21-18-15-12-9-6-3)61-55(60)48-45-42-39-36-33-30-26-23-20-17-14-11-8-5-2/h8-9,11-12,17-18,20-21,26,30-31,34,51-53,57-58H,4-7,10,13-16,19,22-25,27-29,32-33,35-50H2,1-3H3,(H,56,59)/b11-8+,12-9+,20-17+,21-18+,30-26+,34-31+. The Hall–Kier alpha value is -2.70. The summed E-state index contributed by atoms with van der Waals surface area (Å²) < 4.78 is 5.89. The molecule has 3 N–H and O–H groups in total. The van der Waals surface area contributed by atoms with Crippen molar-refractivity contribution in [2.24, 2.45) is 0 Å². The minimum atomic E-state index is -0.804. The molecule has 0 aromatic heterocycles. The van der Waals surface area contributed by atoms with Crippen LogP contribution in [0.3, 0.4) is 0 Å². The Morgan fingerprint density at radius 3 is 1.36 bits per heavy atom. The second kappa shape index (κ2) is 48.3. The molecule has 0 saturated heterocycles. The molecular formula is C55H97NO5. The lowest BCUT2D eigenvalue weighted by molar-refractivity contribution is -0.151. The SMILES string of the molecule is CC/C=C/C/C=C/C/C=C/CCCCCCC(=O)OC(CCCC/C=C/C/C=C/C/C=C/CC)CC(=O)NC(CO)C(O)CCCCCCCCCCCCCCCCCC. The predicted molar refractivity (Wildman–Crippen MR) is 264 cm³/mol. The number of aliphatic hydroxyl groups is 2. The molecule has 0 bridgehead atoms. The summed E-state index contributed by atoms with van der Waals surface area (Å²) in [6.45, 7) is 6.24. The van der Waals surface area contributed by atoms with E-state index in [-0.39, 0.29) is 24.9 Å². The number of carbonyl (C=O) groups is 2. The quantitative estimate of drug-likeness (QED) is 0.0322. The smallest absolute Gasteiger partial charge is 0.306 e. The molecule has 6 nitrogen and oxygen atoms in total. The molecular weight excluding hydrogens is 755 g/mol. The van der Waals surface area contributed by atoms with Crippen molar-refractivity contribution in [2.45, 2.75) is 257 Å². The zero-order valence-corrected chi connectivity index (χ0v) is 40.0. The Morgan fingerprint density at radius 1 is 0.492 bits per heavy atom. The van der Waals surface area contributed by atoms with Gasteiger partial charge in [-0.05, 0) is 89.9 Å². The fourth-order valence-electron chi connectivity index (χ4n) is 7.46. The number of hydrogen-bond donors (Lipinski definition) is 3. The minimum Gasteiger partial charge on any atom is -0.462 e. The van der Waals surface area contributed by atoms with Crippen molar-refractivity contribution in [3.63, 3.8) is 0 Å². The van der Waals surface area contributed by atoms with Gasteiger partial charge in [0.05, 0.1) is 25.2 Å². The number of nitrogens with one attached hydrogen (secondary N) is 1. The Kier molecular flexibility index (Phi) is 46.2. The van der Waals surface area contributed by atoms with Crippen LogP contribution in [0.15, 0.2) is 72.9 Å². The molecule has 0 saturated carbocycles. The van der Waals surface area contributed by atoms with Crippen LogP contribution in [0.2, 0.25) is 0 Å². The van der Waals surface area contributed by atoms with Gasteiger partial charge < -0.3 is 20.3 Å². The number of unbranched alkanes of at least 4 members (excludes halogenated alkanes) is 21. The third kappa shape index (κ3) is 43.7. The highest BCUT2D eigenvalue weighted by Crippen LogP contribution is 2.17. The second-order valence-electron chi connectivity index (χ2n) is 17.2. The van der Waals surface area contributed by atoms with Crippen LogP contribution in [0.25, 0.3) is 0 Å². The summed E-state index contributed by atoms with van der Waals surface area (Å²) in [5, 5.41) is 23.8. The average molecular weight is 852 g/mol. The summed E-state index contributed by atoms with van der Waals surface area (Å²) in [6, 6.07) is -0.721. The highest BCUT2D eigenvalue weighted by atomic mass is 16.5. The van der Waals surface area contributed by atoms with Crippen LogP contribution in [-0.2, 0) is 14.3 Å². The van der Waals surface area contributed by atoms with E-state index < -0.39 is 18.2 Å². The molecule has 0 aromatic carbocycles. The lowest BCUT2D eigenvalue weighted by Crippen LogP contribution is -2.46. The molecule has 0 aliphatic heterocycles. The molecule has 3 atom stereocenters. The van der Waals surface area contributed by atoms with Crippen LogP contribution in [0.4, 0.5) is 0 Å². The van der Waals surface area contributed by atoms with Gasteiger partial charge in [-0.25, -0.2) is 0 Å². The van der Waals surface area contributed by atoms with Crippen molar-refractivity contribution < 1.29 is 24.5 Å². The van der Waals surface area contributed by atoms with Crippen LogP contribution in [0.1, 0.15) is 239 Å². The Morgan fingerprint density at radius 2 is 0.885 bits per heavy atom.